The van der Waals surface area contributed by atoms with Crippen molar-refractivity contribution in [2.24, 2.45) is 5.84 Å². The van der Waals surface area contributed by atoms with E-state index in [0.717, 1.165) is 32.4 Å². The number of rotatable bonds is 5. The molecule has 2 aliphatic heterocycles. The summed E-state index contributed by atoms with van der Waals surface area (Å²) in [5, 5.41) is 6.05. The normalized spacial score (nSPS) is 21.5. The van der Waals surface area contributed by atoms with E-state index >= 15 is 0 Å². The lowest BCUT2D eigenvalue weighted by Crippen LogP contribution is -2.32. The fourth-order valence-electron chi connectivity index (χ4n) is 2.61. The van der Waals surface area contributed by atoms with E-state index in [1.807, 2.05) is 0 Å². The van der Waals surface area contributed by atoms with Crippen LogP contribution in [0.25, 0.3) is 0 Å². The molecule has 114 valence electrons. The van der Waals surface area contributed by atoms with Crippen LogP contribution in [0.1, 0.15) is 25.7 Å². The summed E-state index contributed by atoms with van der Waals surface area (Å²) in [7, 11) is 0. The van der Waals surface area contributed by atoms with Crippen molar-refractivity contribution >= 4 is 23.8 Å². The summed E-state index contributed by atoms with van der Waals surface area (Å²) < 4.78 is 0. The van der Waals surface area contributed by atoms with Crippen LogP contribution in [-0.4, -0.2) is 46.5 Å². The molecule has 1 unspecified atom stereocenters. The van der Waals surface area contributed by atoms with Crippen LogP contribution in [0.3, 0.4) is 0 Å². The summed E-state index contributed by atoms with van der Waals surface area (Å²) in [6.45, 7) is 2.50. The van der Waals surface area contributed by atoms with Gasteiger partial charge in [0.15, 0.2) is 0 Å². The number of nitrogens with zero attached hydrogens (tertiary/aromatic N) is 4. The summed E-state index contributed by atoms with van der Waals surface area (Å²) in [5.41, 5.74) is 2.47. The number of carbonyl (C=O) groups is 1. The number of nitrogen functional groups attached to an aromatic ring is 1. The highest BCUT2D eigenvalue weighted by Crippen LogP contribution is 2.18. The molecule has 9 nitrogen and oxygen atoms in total. The summed E-state index contributed by atoms with van der Waals surface area (Å²) in [6.07, 6.45) is 3.71. The zero-order valence-electron chi connectivity index (χ0n) is 11.8. The molecule has 5 N–H and O–H groups in total. The molecule has 0 bridgehead atoms. The monoisotopic (exact) mass is 292 g/mol. The molecule has 21 heavy (non-hydrogen) atoms. The minimum Gasteiger partial charge on any atom is -0.352 e. The second kappa shape index (κ2) is 6.08. The molecule has 3 heterocycles. The number of nitrogens with two attached hydrogens (primary N) is 1. The van der Waals surface area contributed by atoms with Crippen molar-refractivity contribution in [3.8, 4) is 0 Å². The maximum atomic E-state index is 11.2. The molecule has 0 aromatic carbocycles. The zero-order valence-corrected chi connectivity index (χ0v) is 11.8. The quantitative estimate of drug-likeness (QED) is 0.421. The van der Waals surface area contributed by atoms with Gasteiger partial charge in [-0.15, -0.1) is 0 Å². The van der Waals surface area contributed by atoms with Crippen molar-refractivity contribution in [1.82, 2.24) is 20.3 Å². The molecular formula is C12H20N8O. The van der Waals surface area contributed by atoms with Crippen LogP contribution in [0, 0.1) is 0 Å². The number of nitrogens with one attached hydrogen (secondary N) is 3. The molecule has 0 saturated carbocycles. The fourth-order valence-corrected chi connectivity index (χ4v) is 2.61. The third kappa shape index (κ3) is 3.30. The predicted molar refractivity (Wildman–Crippen MR) is 78.7 cm³/mol. The molecule has 0 aliphatic carbocycles. The summed E-state index contributed by atoms with van der Waals surface area (Å²) >= 11 is 0. The van der Waals surface area contributed by atoms with Crippen molar-refractivity contribution < 1.29 is 4.79 Å². The van der Waals surface area contributed by atoms with E-state index in [1.54, 1.807) is 0 Å². The number of hydrogen-bond donors (Lipinski definition) is 4. The molecule has 3 rings (SSSR count). The maximum absolute atomic E-state index is 11.2. The standard InChI is InChI=1S/C12H20N8O/c13-19-11-16-10(14-7-8-3-4-9(21)15-8)17-12(18-11)20-5-1-2-6-20/h8H,1-7,13H2,(H,15,21)(H2,14,16,17,18,19). The smallest absolute Gasteiger partial charge is 0.243 e. The predicted octanol–water partition coefficient (Wildman–Crippen LogP) is -0.552. The van der Waals surface area contributed by atoms with Gasteiger partial charge in [-0.1, -0.05) is 0 Å². The number of anilines is 3. The van der Waals surface area contributed by atoms with Gasteiger partial charge in [0.2, 0.25) is 23.8 Å². The Morgan fingerprint density at radius 1 is 1.24 bits per heavy atom. The summed E-state index contributed by atoms with van der Waals surface area (Å²) in [4.78, 5) is 26.2. The molecule has 0 spiro atoms. The highest BCUT2D eigenvalue weighted by molar-refractivity contribution is 5.78. The van der Waals surface area contributed by atoms with Crippen LogP contribution < -0.4 is 26.8 Å². The lowest BCUT2D eigenvalue weighted by atomic mass is 10.2. The van der Waals surface area contributed by atoms with Crippen molar-refractivity contribution in [3.63, 3.8) is 0 Å². The average Bonchev–Trinajstić information content (AvgIpc) is 3.16. The molecule has 1 aromatic rings. The Bertz CT molecular complexity index is 516. The van der Waals surface area contributed by atoms with Gasteiger partial charge in [0.05, 0.1) is 0 Å². The maximum Gasteiger partial charge on any atom is 0.243 e. The number of amides is 1. The van der Waals surface area contributed by atoms with E-state index in [0.29, 0.717) is 30.8 Å². The lowest BCUT2D eigenvalue weighted by molar-refractivity contribution is -0.119. The highest BCUT2D eigenvalue weighted by Gasteiger charge is 2.21. The van der Waals surface area contributed by atoms with Gasteiger partial charge in [-0.2, -0.15) is 15.0 Å². The van der Waals surface area contributed by atoms with Crippen LogP contribution in [0.2, 0.25) is 0 Å². The topological polar surface area (TPSA) is 121 Å². The van der Waals surface area contributed by atoms with Gasteiger partial charge in [0.25, 0.3) is 0 Å². The van der Waals surface area contributed by atoms with E-state index in [-0.39, 0.29) is 11.9 Å². The van der Waals surface area contributed by atoms with E-state index in [1.165, 1.54) is 0 Å². The molecule has 2 aliphatic rings. The second-order valence-electron chi connectivity index (χ2n) is 5.31. The van der Waals surface area contributed by atoms with E-state index in [2.05, 4.69) is 35.9 Å². The highest BCUT2D eigenvalue weighted by atomic mass is 16.1. The Balaban J connectivity index is 1.68. The molecule has 1 atom stereocenters. The Labute approximate surface area is 122 Å². The Morgan fingerprint density at radius 3 is 2.67 bits per heavy atom. The Morgan fingerprint density at radius 2 is 2.00 bits per heavy atom. The third-order valence-corrected chi connectivity index (χ3v) is 3.73. The lowest BCUT2D eigenvalue weighted by Gasteiger charge is -2.17. The SMILES string of the molecule is NNc1nc(NCC2CCC(=O)N2)nc(N2CCCC2)n1. The van der Waals surface area contributed by atoms with Crippen LogP contribution in [-0.2, 0) is 4.79 Å². The number of hydrogen-bond acceptors (Lipinski definition) is 8. The largest absolute Gasteiger partial charge is 0.352 e. The first-order chi connectivity index (χ1) is 10.2. The van der Waals surface area contributed by atoms with Gasteiger partial charge >= 0.3 is 0 Å². The summed E-state index contributed by atoms with van der Waals surface area (Å²) in [5.74, 6) is 6.96. The van der Waals surface area contributed by atoms with Gasteiger partial charge < -0.3 is 15.5 Å². The molecule has 2 fully saturated rings. The van der Waals surface area contributed by atoms with E-state index in [9.17, 15) is 4.79 Å². The van der Waals surface area contributed by atoms with Gasteiger partial charge in [0.1, 0.15) is 0 Å². The minimum atomic E-state index is 0.0968. The van der Waals surface area contributed by atoms with Crippen molar-refractivity contribution in [3.05, 3.63) is 0 Å². The molecule has 1 aromatic heterocycles. The van der Waals surface area contributed by atoms with Gasteiger partial charge in [0, 0.05) is 32.1 Å². The van der Waals surface area contributed by atoms with E-state index in [4.69, 9.17) is 5.84 Å². The average molecular weight is 292 g/mol. The van der Waals surface area contributed by atoms with Crippen LogP contribution in [0.15, 0.2) is 0 Å². The number of aromatic nitrogens is 3. The van der Waals surface area contributed by atoms with E-state index < -0.39 is 0 Å². The molecule has 0 radical (unpaired) electrons. The number of carbonyl (C=O) groups excluding carboxylic acids is 1. The third-order valence-electron chi connectivity index (χ3n) is 3.73. The fraction of sp³-hybridized carbons (Fsp3) is 0.667. The van der Waals surface area contributed by atoms with Crippen molar-refractivity contribution in [1.29, 1.82) is 0 Å². The summed E-state index contributed by atoms with van der Waals surface area (Å²) in [6, 6.07) is 0.124. The molecule has 9 heteroatoms. The minimum absolute atomic E-state index is 0.0968. The zero-order chi connectivity index (χ0) is 14.7. The molecular weight excluding hydrogens is 272 g/mol. The van der Waals surface area contributed by atoms with Crippen LogP contribution in [0.4, 0.5) is 17.8 Å². The Hall–Kier alpha value is -2.16. The van der Waals surface area contributed by atoms with Gasteiger partial charge in [-0.3, -0.25) is 10.2 Å². The first-order valence-electron chi connectivity index (χ1n) is 7.25. The van der Waals surface area contributed by atoms with Gasteiger partial charge in [-0.05, 0) is 19.3 Å². The Kier molecular flexibility index (Phi) is 4.00. The van der Waals surface area contributed by atoms with Crippen molar-refractivity contribution in [2.45, 2.75) is 31.7 Å². The second-order valence-corrected chi connectivity index (χ2v) is 5.31. The molecule has 1 amide bonds. The van der Waals surface area contributed by atoms with Crippen molar-refractivity contribution in [2.75, 3.05) is 35.3 Å². The molecule has 2 saturated heterocycles. The first kappa shape index (κ1) is 13.8. The number of hydrazine groups is 1. The van der Waals surface area contributed by atoms with Crippen LogP contribution in [0.5, 0.6) is 0 Å². The van der Waals surface area contributed by atoms with Crippen LogP contribution >= 0.6 is 0 Å². The van der Waals surface area contributed by atoms with Gasteiger partial charge in [-0.25, -0.2) is 5.84 Å². The first-order valence-corrected chi connectivity index (χ1v) is 7.25.